The lowest BCUT2D eigenvalue weighted by Gasteiger charge is -2.46. The summed E-state index contributed by atoms with van der Waals surface area (Å²) in [7, 11) is 1.72. The van der Waals surface area contributed by atoms with E-state index in [9.17, 15) is 0 Å². The van der Waals surface area contributed by atoms with Crippen LogP contribution < -0.4 is 9.47 Å². The molecule has 2 aliphatic rings. The van der Waals surface area contributed by atoms with Crippen LogP contribution in [0.25, 0.3) is 0 Å². The number of benzene rings is 1. The van der Waals surface area contributed by atoms with Crippen molar-refractivity contribution in [3.63, 3.8) is 0 Å². The molecule has 1 aromatic rings. The SMILES string of the molecule is COc1cc(C2OCC2(C)C)c(OCC(C)C)cc1C1OCC1(C)C. The first-order chi connectivity index (χ1) is 11.7. The van der Waals surface area contributed by atoms with Gasteiger partial charge in [-0.3, -0.25) is 0 Å². The molecule has 4 heteroatoms. The minimum Gasteiger partial charge on any atom is -0.496 e. The van der Waals surface area contributed by atoms with Crippen molar-refractivity contribution in [2.24, 2.45) is 16.7 Å². The van der Waals surface area contributed by atoms with Crippen LogP contribution in [0.1, 0.15) is 64.9 Å². The lowest BCUT2D eigenvalue weighted by molar-refractivity contribution is -0.174. The molecule has 0 bridgehead atoms. The van der Waals surface area contributed by atoms with Crippen molar-refractivity contribution in [3.8, 4) is 11.5 Å². The molecule has 0 saturated carbocycles. The molecule has 4 nitrogen and oxygen atoms in total. The first kappa shape index (κ1) is 18.5. The predicted molar refractivity (Wildman–Crippen MR) is 98.3 cm³/mol. The second kappa shape index (κ2) is 6.48. The number of hydrogen-bond acceptors (Lipinski definition) is 4. The average molecular weight is 348 g/mol. The van der Waals surface area contributed by atoms with Gasteiger partial charge >= 0.3 is 0 Å². The molecule has 0 aliphatic carbocycles. The molecule has 140 valence electrons. The van der Waals surface area contributed by atoms with Gasteiger partial charge in [-0.05, 0) is 18.1 Å². The summed E-state index contributed by atoms with van der Waals surface area (Å²) in [6.07, 6.45) is 0.0705. The van der Waals surface area contributed by atoms with E-state index in [1.165, 1.54) is 0 Å². The Kier molecular flexibility index (Phi) is 4.80. The van der Waals surface area contributed by atoms with E-state index < -0.39 is 0 Å². The number of ether oxygens (including phenoxy) is 4. The second-order valence-electron chi connectivity index (χ2n) is 9.20. The molecule has 0 N–H and O–H groups in total. The van der Waals surface area contributed by atoms with Gasteiger partial charge < -0.3 is 18.9 Å². The summed E-state index contributed by atoms with van der Waals surface area (Å²) in [5, 5.41) is 0. The van der Waals surface area contributed by atoms with E-state index in [0.717, 1.165) is 35.8 Å². The molecule has 0 aromatic heterocycles. The number of methoxy groups -OCH3 is 1. The van der Waals surface area contributed by atoms with Crippen molar-refractivity contribution in [1.82, 2.24) is 0 Å². The topological polar surface area (TPSA) is 36.9 Å². The molecule has 0 radical (unpaired) electrons. The number of hydrogen-bond donors (Lipinski definition) is 0. The van der Waals surface area contributed by atoms with E-state index >= 15 is 0 Å². The highest BCUT2D eigenvalue weighted by atomic mass is 16.5. The van der Waals surface area contributed by atoms with Gasteiger partial charge in [0.15, 0.2) is 0 Å². The van der Waals surface area contributed by atoms with E-state index in [2.05, 4.69) is 53.7 Å². The Morgan fingerprint density at radius 3 is 1.80 bits per heavy atom. The molecule has 2 heterocycles. The highest BCUT2D eigenvalue weighted by Crippen LogP contribution is 2.53. The Bertz CT molecular complexity index is 633. The van der Waals surface area contributed by atoms with Crippen LogP contribution in [0, 0.1) is 16.7 Å². The zero-order chi connectivity index (χ0) is 18.4. The van der Waals surface area contributed by atoms with Gasteiger partial charge in [-0.2, -0.15) is 0 Å². The Hall–Kier alpha value is -1.26. The molecular weight excluding hydrogens is 316 g/mol. The molecule has 0 amide bonds. The molecule has 25 heavy (non-hydrogen) atoms. The zero-order valence-corrected chi connectivity index (χ0v) is 16.6. The van der Waals surface area contributed by atoms with Crippen LogP contribution in [0.2, 0.25) is 0 Å². The largest absolute Gasteiger partial charge is 0.496 e. The van der Waals surface area contributed by atoms with Gasteiger partial charge in [0, 0.05) is 22.0 Å². The van der Waals surface area contributed by atoms with E-state index in [0.29, 0.717) is 12.5 Å². The molecule has 2 unspecified atom stereocenters. The predicted octanol–water partition coefficient (Wildman–Crippen LogP) is 4.93. The van der Waals surface area contributed by atoms with Crippen LogP contribution in [-0.2, 0) is 9.47 Å². The van der Waals surface area contributed by atoms with Crippen molar-refractivity contribution in [3.05, 3.63) is 23.3 Å². The van der Waals surface area contributed by atoms with Crippen molar-refractivity contribution >= 4 is 0 Å². The third-order valence-electron chi connectivity index (χ3n) is 5.16. The summed E-state index contributed by atoms with van der Waals surface area (Å²) in [5.41, 5.74) is 2.36. The van der Waals surface area contributed by atoms with Crippen molar-refractivity contribution in [2.45, 2.75) is 53.8 Å². The first-order valence-electron chi connectivity index (χ1n) is 9.23. The summed E-state index contributed by atoms with van der Waals surface area (Å²) in [4.78, 5) is 0. The summed E-state index contributed by atoms with van der Waals surface area (Å²) in [5.74, 6) is 2.22. The third-order valence-corrected chi connectivity index (χ3v) is 5.16. The highest BCUT2D eigenvalue weighted by molar-refractivity contribution is 5.50. The fourth-order valence-electron chi connectivity index (χ4n) is 3.58. The fraction of sp³-hybridized carbons (Fsp3) is 0.714. The lowest BCUT2D eigenvalue weighted by atomic mass is 9.76. The van der Waals surface area contributed by atoms with Gasteiger partial charge in [0.2, 0.25) is 0 Å². The standard InChI is InChI=1S/C21H32O4/c1-13(2)10-23-17-9-14(18-20(3,4)11-24-18)16(22-7)8-15(17)19-21(5,6)12-25-19/h8-9,13,18-19H,10-12H2,1-7H3. The maximum Gasteiger partial charge on any atom is 0.125 e. The molecule has 2 saturated heterocycles. The van der Waals surface area contributed by atoms with Crippen LogP contribution in [0.3, 0.4) is 0 Å². The molecule has 0 spiro atoms. The Labute approximate surface area is 151 Å². The lowest BCUT2D eigenvalue weighted by Crippen LogP contribution is -2.41. The smallest absolute Gasteiger partial charge is 0.125 e. The van der Waals surface area contributed by atoms with Gasteiger partial charge in [-0.25, -0.2) is 0 Å². The van der Waals surface area contributed by atoms with Gasteiger partial charge in [0.05, 0.1) is 39.1 Å². The monoisotopic (exact) mass is 348 g/mol. The first-order valence-corrected chi connectivity index (χ1v) is 9.23. The molecule has 3 rings (SSSR count). The van der Waals surface area contributed by atoms with Crippen LogP contribution in [0.5, 0.6) is 11.5 Å². The third kappa shape index (κ3) is 3.39. The fourth-order valence-corrected chi connectivity index (χ4v) is 3.58. The van der Waals surface area contributed by atoms with Crippen LogP contribution in [0.15, 0.2) is 12.1 Å². The molecule has 2 fully saturated rings. The quantitative estimate of drug-likeness (QED) is 0.731. The van der Waals surface area contributed by atoms with Crippen LogP contribution in [0.4, 0.5) is 0 Å². The highest BCUT2D eigenvalue weighted by Gasteiger charge is 2.46. The maximum atomic E-state index is 6.18. The van der Waals surface area contributed by atoms with Gasteiger partial charge in [-0.15, -0.1) is 0 Å². The molecule has 2 atom stereocenters. The minimum absolute atomic E-state index is 0.0351. The molecular formula is C21H32O4. The van der Waals surface area contributed by atoms with Crippen molar-refractivity contribution < 1.29 is 18.9 Å². The van der Waals surface area contributed by atoms with E-state index in [-0.39, 0.29) is 23.0 Å². The van der Waals surface area contributed by atoms with Gasteiger partial charge in [0.25, 0.3) is 0 Å². The zero-order valence-electron chi connectivity index (χ0n) is 16.6. The van der Waals surface area contributed by atoms with E-state index in [1.54, 1.807) is 7.11 Å². The van der Waals surface area contributed by atoms with Gasteiger partial charge in [-0.1, -0.05) is 41.5 Å². The maximum absolute atomic E-state index is 6.18. The van der Waals surface area contributed by atoms with Crippen molar-refractivity contribution in [2.75, 3.05) is 26.9 Å². The van der Waals surface area contributed by atoms with Gasteiger partial charge in [0.1, 0.15) is 11.5 Å². The molecule has 1 aromatic carbocycles. The summed E-state index contributed by atoms with van der Waals surface area (Å²) >= 11 is 0. The molecule has 2 aliphatic heterocycles. The summed E-state index contributed by atoms with van der Waals surface area (Å²) in [6.45, 7) is 15.4. The minimum atomic E-state index is 0.0351. The van der Waals surface area contributed by atoms with Crippen LogP contribution in [-0.4, -0.2) is 26.9 Å². The van der Waals surface area contributed by atoms with E-state index in [4.69, 9.17) is 18.9 Å². The Morgan fingerprint density at radius 2 is 1.44 bits per heavy atom. The average Bonchev–Trinajstić information content (AvgIpc) is 2.52. The number of rotatable bonds is 6. The summed E-state index contributed by atoms with van der Waals surface area (Å²) in [6, 6.07) is 4.20. The second-order valence-corrected chi connectivity index (χ2v) is 9.20. The Morgan fingerprint density at radius 1 is 0.960 bits per heavy atom. The van der Waals surface area contributed by atoms with Crippen LogP contribution >= 0.6 is 0 Å². The normalized spacial score (nSPS) is 26.7. The Balaban J connectivity index is 2.02. The van der Waals surface area contributed by atoms with E-state index in [1.807, 2.05) is 0 Å². The van der Waals surface area contributed by atoms with Crippen molar-refractivity contribution in [1.29, 1.82) is 0 Å². The summed E-state index contributed by atoms with van der Waals surface area (Å²) < 4.78 is 23.7.